The van der Waals surface area contributed by atoms with Crippen LogP contribution in [0.1, 0.15) is 32.1 Å². The topological polar surface area (TPSA) is 76.1 Å². The highest BCUT2D eigenvalue weighted by atomic mass is 15.7. The standard InChI is InChI=1S/C11H28N4/c12-6-1-2-8-14-9-3-4-10-15-11-5-7-13/h14-15H,1-13H2/i9+1,10+1,12+1,13+1,14+1,15+1. The van der Waals surface area contributed by atoms with Gasteiger partial charge in [-0.3, -0.25) is 0 Å². The van der Waals surface area contributed by atoms with E-state index in [0.717, 1.165) is 52.1 Å². The Morgan fingerprint density at radius 2 is 0.933 bits per heavy atom. The third kappa shape index (κ3) is 13.8. The van der Waals surface area contributed by atoms with Crippen LogP contribution in [0.2, 0.25) is 0 Å². The summed E-state index contributed by atoms with van der Waals surface area (Å²) in [5.74, 6) is 0. The van der Waals surface area contributed by atoms with Crippen LogP contribution >= 0.6 is 0 Å². The highest BCUT2D eigenvalue weighted by molar-refractivity contribution is 4.53. The molecule has 15 heavy (non-hydrogen) atoms. The fourth-order valence-corrected chi connectivity index (χ4v) is 1.37. The van der Waals surface area contributed by atoms with Crippen LogP contribution in [-0.2, 0) is 0 Å². The highest BCUT2D eigenvalue weighted by Gasteiger charge is 1.90. The third-order valence-electron chi connectivity index (χ3n) is 2.32. The predicted octanol–water partition coefficient (Wildman–Crippen LogP) is 0.0335. The second-order valence-electron chi connectivity index (χ2n) is 3.85. The Hall–Kier alpha value is -0.160. The summed E-state index contributed by atoms with van der Waals surface area (Å²) < 4.78 is 0. The molecule has 0 spiro atoms. The number of hydrogen-bond donors (Lipinski definition) is 4. The van der Waals surface area contributed by atoms with Crippen LogP contribution in [0.15, 0.2) is 0 Å². The van der Waals surface area contributed by atoms with Crippen molar-refractivity contribution in [2.24, 2.45) is 11.5 Å². The van der Waals surface area contributed by atoms with Crippen molar-refractivity contribution in [1.29, 1.82) is 0 Å². The van der Waals surface area contributed by atoms with E-state index >= 15 is 0 Å². The van der Waals surface area contributed by atoms with Gasteiger partial charge in [0.2, 0.25) is 0 Å². The van der Waals surface area contributed by atoms with Gasteiger partial charge in [-0.2, -0.15) is 0 Å². The van der Waals surface area contributed by atoms with Crippen molar-refractivity contribution in [3.63, 3.8) is 0 Å². The SMILES string of the molecule is [15NH2]CCCC[15NH][13CH2]CC[13CH2][15NH]CCC[15NH2]. The first kappa shape index (κ1) is 14.8. The van der Waals surface area contributed by atoms with Crippen LogP contribution in [0.4, 0.5) is 0 Å². The summed E-state index contributed by atoms with van der Waals surface area (Å²) >= 11 is 0. The largest absolute Gasteiger partial charge is 0.330 e. The second kappa shape index (κ2) is 13.8. The van der Waals surface area contributed by atoms with Gasteiger partial charge in [0.1, 0.15) is 0 Å². The molecule has 0 aromatic rings. The van der Waals surface area contributed by atoms with Crippen molar-refractivity contribution in [2.75, 3.05) is 39.3 Å². The zero-order valence-corrected chi connectivity index (χ0v) is 9.93. The predicted molar refractivity (Wildman–Crippen MR) is 66.9 cm³/mol. The van der Waals surface area contributed by atoms with Crippen molar-refractivity contribution in [2.45, 2.75) is 32.1 Å². The van der Waals surface area contributed by atoms with Crippen molar-refractivity contribution in [3.8, 4) is 0 Å². The van der Waals surface area contributed by atoms with Gasteiger partial charge in [0.05, 0.1) is 0 Å². The van der Waals surface area contributed by atoms with E-state index in [2.05, 4.69) is 10.6 Å². The van der Waals surface area contributed by atoms with Crippen LogP contribution in [-0.4, -0.2) is 39.3 Å². The van der Waals surface area contributed by atoms with Gasteiger partial charge < -0.3 is 22.1 Å². The molecule has 4 heteroatoms. The summed E-state index contributed by atoms with van der Waals surface area (Å²) in [4.78, 5) is 0. The van der Waals surface area contributed by atoms with Crippen molar-refractivity contribution in [3.05, 3.63) is 0 Å². The zero-order valence-electron chi connectivity index (χ0n) is 9.93. The first-order valence-electron chi connectivity index (χ1n) is 6.23. The first-order chi connectivity index (χ1) is 7.41. The van der Waals surface area contributed by atoms with Crippen molar-refractivity contribution < 1.29 is 0 Å². The number of unbranched alkanes of at least 4 members (excludes halogenated alkanes) is 2. The smallest absolute Gasteiger partial charge is 0.00369 e. The maximum absolute atomic E-state index is 5.40. The Labute approximate surface area is 94.2 Å². The van der Waals surface area contributed by atoms with Crippen molar-refractivity contribution >= 4 is 0 Å². The number of nitrogens with two attached hydrogens (primary N) is 2. The molecule has 0 saturated heterocycles. The summed E-state index contributed by atoms with van der Waals surface area (Å²) in [5, 5.41) is 6.79. The molecule has 0 aliphatic carbocycles. The molecule has 0 bridgehead atoms. The normalized spacial score (nSPS) is 10.8. The molecule has 0 atom stereocenters. The molecule has 4 nitrogen and oxygen atoms in total. The van der Waals surface area contributed by atoms with Crippen LogP contribution in [0.5, 0.6) is 0 Å². The Balaban J connectivity index is 2.81. The Morgan fingerprint density at radius 1 is 0.533 bits per heavy atom. The molecular weight excluding hydrogens is 194 g/mol. The lowest BCUT2D eigenvalue weighted by molar-refractivity contribution is 0.564. The van der Waals surface area contributed by atoms with E-state index in [-0.39, 0.29) is 0 Å². The molecule has 6 N–H and O–H groups in total. The fraction of sp³-hybridized carbons (Fsp3) is 1.00. The van der Waals surface area contributed by atoms with Crippen molar-refractivity contribution in [1.82, 2.24) is 10.6 Å². The molecule has 0 aromatic heterocycles. The van der Waals surface area contributed by atoms with Gasteiger partial charge in [0.25, 0.3) is 0 Å². The summed E-state index contributed by atoms with van der Waals surface area (Å²) in [6.45, 7) is 6.01. The minimum Gasteiger partial charge on any atom is -0.330 e. The summed E-state index contributed by atoms with van der Waals surface area (Å²) in [6, 6.07) is 0. The molecule has 0 aromatic carbocycles. The first-order valence-corrected chi connectivity index (χ1v) is 6.23. The van der Waals surface area contributed by atoms with E-state index in [4.69, 9.17) is 11.5 Å². The van der Waals surface area contributed by atoms with Gasteiger partial charge >= 0.3 is 0 Å². The third-order valence-corrected chi connectivity index (χ3v) is 2.32. The molecule has 0 rings (SSSR count). The van der Waals surface area contributed by atoms with Gasteiger partial charge in [0, 0.05) is 0 Å². The molecule has 0 aliphatic heterocycles. The molecular formula is C11H28N4. The van der Waals surface area contributed by atoms with Gasteiger partial charge in [-0.25, -0.2) is 0 Å². The second-order valence-corrected chi connectivity index (χ2v) is 3.85. The van der Waals surface area contributed by atoms with E-state index in [1.807, 2.05) is 0 Å². The van der Waals surface area contributed by atoms with E-state index in [9.17, 15) is 0 Å². The molecule has 0 fully saturated rings. The summed E-state index contributed by atoms with van der Waals surface area (Å²) in [7, 11) is 0. The molecule has 0 aliphatic rings. The van der Waals surface area contributed by atoms with E-state index in [0.29, 0.717) is 0 Å². The Bertz CT molecular complexity index is 96.8. The summed E-state index contributed by atoms with van der Waals surface area (Å²) in [5.41, 5.74) is 10.8. The average Bonchev–Trinajstić information content (AvgIpc) is 2.26. The lowest BCUT2D eigenvalue weighted by Gasteiger charge is -2.05. The molecule has 0 saturated carbocycles. The van der Waals surface area contributed by atoms with Gasteiger partial charge in [-0.15, -0.1) is 0 Å². The number of rotatable bonds is 12. The van der Waals surface area contributed by atoms with E-state index in [1.165, 1.54) is 19.3 Å². The Morgan fingerprint density at radius 3 is 1.40 bits per heavy atom. The van der Waals surface area contributed by atoms with Crippen LogP contribution in [0, 0.1) is 0 Å². The monoisotopic (exact) mass is 222 g/mol. The summed E-state index contributed by atoms with van der Waals surface area (Å²) in [6.07, 6.45) is 5.91. The molecule has 0 amide bonds. The highest BCUT2D eigenvalue weighted by Crippen LogP contribution is 1.87. The minimum absolute atomic E-state index is 0.787. The van der Waals surface area contributed by atoms with Gasteiger partial charge in [0.15, 0.2) is 0 Å². The van der Waals surface area contributed by atoms with Gasteiger partial charge in [-0.05, 0) is 71.4 Å². The van der Waals surface area contributed by atoms with Gasteiger partial charge in [-0.1, -0.05) is 0 Å². The maximum atomic E-state index is 5.40. The van der Waals surface area contributed by atoms with Crippen LogP contribution < -0.4 is 22.1 Å². The van der Waals surface area contributed by atoms with E-state index in [1.54, 1.807) is 0 Å². The fourth-order valence-electron chi connectivity index (χ4n) is 1.37. The zero-order chi connectivity index (χ0) is 11.2. The lowest BCUT2D eigenvalue weighted by atomic mass is 10.3. The van der Waals surface area contributed by atoms with E-state index < -0.39 is 0 Å². The molecule has 92 valence electrons. The number of hydrogen-bond acceptors (Lipinski definition) is 4. The Kier molecular flexibility index (Phi) is 13.7. The van der Waals surface area contributed by atoms with Crippen LogP contribution in [0.3, 0.4) is 0 Å². The molecule has 0 radical (unpaired) electrons. The quantitative estimate of drug-likeness (QED) is 0.213. The number of nitrogens with one attached hydrogen (secondary N) is 2. The minimum atomic E-state index is 0.787. The maximum Gasteiger partial charge on any atom is -0.00369 e. The lowest BCUT2D eigenvalue weighted by Crippen LogP contribution is -2.22. The average molecular weight is 222 g/mol. The molecule has 0 heterocycles. The molecule has 0 unspecified atom stereocenters. The van der Waals surface area contributed by atoms with Crippen LogP contribution in [0.25, 0.3) is 0 Å².